The van der Waals surface area contributed by atoms with Gasteiger partial charge in [-0.25, -0.2) is 0 Å². The summed E-state index contributed by atoms with van der Waals surface area (Å²) in [6.45, 7) is 7.35. The molecule has 4 N–H and O–H groups in total. The van der Waals surface area contributed by atoms with Gasteiger partial charge in [-0.2, -0.15) is 0 Å². The zero-order chi connectivity index (χ0) is 16.5. The number of carboxylic acids is 1. The molecule has 0 saturated heterocycles. The van der Waals surface area contributed by atoms with E-state index in [1.807, 2.05) is 39.0 Å². The number of aliphatic carboxylic acids is 1. The lowest BCUT2D eigenvalue weighted by Crippen LogP contribution is -2.38. The van der Waals surface area contributed by atoms with Crippen molar-refractivity contribution in [3.05, 3.63) is 23.8 Å². The SMILES string of the molecule is CCCOc1ccc(CCNC(CC(C)C)C(=O)O)cc1N. The summed E-state index contributed by atoms with van der Waals surface area (Å²) < 4.78 is 5.54. The van der Waals surface area contributed by atoms with Gasteiger partial charge >= 0.3 is 5.97 Å². The van der Waals surface area contributed by atoms with E-state index in [0.717, 1.165) is 18.4 Å². The minimum atomic E-state index is -0.795. The lowest BCUT2D eigenvalue weighted by molar-refractivity contribution is -0.139. The number of hydrogen-bond donors (Lipinski definition) is 3. The Labute approximate surface area is 132 Å². The molecule has 1 atom stereocenters. The van der Waals surface area contributed by atoms with Gasteiger partial charge in [0.15, 0.2) is 0 Å². The lowest BCUT2D eigenvalue weighted by Gasteiger charge is -2.16. The maximum Gasteiger partial charge on any atom is 0.320 e. The molecular weight excluding hydrogens is 280 g/mol. The number of nitrogens with two attached hydrogens (primary N) is 1. The van der Waals surface area contributed by atoms with E-state index in [2.05, 4.69) is 5.32 Å². The normalized spacial score (nSPS) is 12.4. The topological polar surface area (TPSA) is 84.6 Å². The van der Waals surface area contributed by atoms with E-state index in [4.69, 9.17) is 10.5 Å². The predicted molar refractivity (Wildman–Crippen MR) is 89.2 cm³/mol. The molecule has 0 aliphatic heterocycles. The van der Waals surface area contributed by atoms with E-state index >= 15 is 0 Å². The first kappa shape index (κ1) is 18.3. The van der Waals surface area contributed by atoms with Gasteiger partial charge in [0.2, 0.25) is 0 Å². The van der Waals surface area contributed by atoms with Gasteiger partial charge in [0.1, 0.15) is 11.8 Å². The second-order valence-electron chi connectivity index (χ2n) is 5.95. The van der Waals surface area contributed by atoms with E-state index in [9.17, 15) is 9.90 Å². The molecule has 1 rings (SSSR count). The Morgan fingerprint density at radius 1 is 1.41 bits per heavy atom. The van der Waals surface area contributed by atoms with Crippen LogP contribution < -0.4 is 15.8 Å². The summed E-state index contributed by atoms with van der Waals surface area (Å²) in [6, 6.07) is 5.25. The molecule has 0 spiro atoms. The van der Waals surface area contributed by atoms with Crippen LogP contribution >= 0.6 is 0 Å². The van der Waals surface area contributed by atoms with E-state index < -0.39 is 12.0 Å². The summed E-state index contributed by atoms with van der Waals surface area (Å²) in [5.41, 5.74) is 7.67. The summed E-state index contributed by atoms with van der Waals surface area (Å²) in [4.78, 5) is 11.2. The molecule has 0 fully saturated rings. The highest BCUT2D eigenvalue weighted by Crippen LogP contribution is 2.22. The van der Waals surface area contributed by atoms with Gasteiger partial charge in [-0.15, -0.1) is 0 Å². The van der Waals surface area contributed by atoms with Crippen molar-refractivity contribution >= 4 is 11.7 Å². The number of anilines is 1. The number of benzene rings is 1. The Morgan fingerprint density at radius 3 is 2.68 bits per heavy atom. The van der Waals surface area contributed by atoms with E-state index in [1.165, 1.54) is 0 Å². The molecule has 0 aliphatic rings. The number of rotatable bonds is 10. The Morgan fingerprint density at radius 2 is 2.14 bits per heavy atom. The Kier molecular flexibility index (Phi) is 7.74. The third kappa shape index (κ3) is 6.35. The molecule has 5 nitrogen and oxygen atoms in total. The van der Waals surface area contributed by atoms with Crippen molar-refractivity contribution in [3.8, 4) is 5.75 Å². The van der Waals surface area contributed by atoms with Gasteiger partial charge in [0.25, 0.3) is 0 Å². The van der Waals surface area contributed by atoms with Crippen LogP contribution in [0.25, 0.3) is 0 Å². The average Bonchev–Trinajstić information content (AvgIpc) is 2.44. The summed E-state index contributed by atoms with van der Waals surface area (Å²) in [5, 5.41) is 12.3. The fourth-order valence-corrected chi connectivity index (χ4v) is 2.23. The third-order valence-corrected chi connectivity index (χ3v) is 3.35. The molecule has 0 radical (unpaired) electrons. The zero-order valence-corrected chi connectivity index (χ0v) is 13.8. The standard InChI is InChI=1S/C17H28N2O3/c1-4-9-22-16-6-5-13(11-14(16)18)7-8-19-15(17(20)21)10-12(2)3/h5-6,11-12,15,19H,4,7-10,18H2,1-3H3,(H,20,21). The first-order valence-corrected chi connectivity index (χ1v) is 7.91. The predicted octanol–water partition coefficient (Wildman–Crippen LogP) is 2.69. The molecule has 1 unspecified atom stereocenters. The van der Waals surface area contributed by atoms with Crippen LogP contribution in [0.3, 0.4) is 0 Å². The first-order chi connectivity index (χ1) is 10.4. The molecule has 0 aliphatic carbocycles. The summed E-state index contributed by atoms with van der Waals surface area (Å²) in [6.07, 6.45) is 2.30. The molecule has 5 heteroatoms. The van der Waals surface area contributed by atoms with Crippen molar-refractivity contribution in [2.75, 3.05) is 18.9 Å². The number of carboxylic acid groups (broad SMARTS) is 1. The van der Waals surface area contributed by atoms with Crippen LogP contribution in [0.2, 0.25) is 0 Å². The maximum atomic E-state index is 11.2. The Hall–Kier alpha value is -1.75. The number of ether oxygens (including phenoxy) is 1. The van der Waals surface area contributed by atoms with Crippen molar-refractivity contribution < 1.29 is 14.6 Å². The molecule has 22 heavy (non-hydrogen) atoms. The summed E-state index contributed by atoms with van der Waals surface area (Å²) >= 11 is 0. The zero-order valence-electron chi connectivity index (χ0n) is 13.8. The highest BCUT2D eigenvalue weighted by Gasteiger charge is 2.17. The summed E-state index contributed by atoms with van der Waals surface area (Å²) in [5.74, 6) is 0.262. The van der Waals surface area contributed by atoms with Crippen LogP contribution in [0.1, 0.15) is 39.2 Å². The van der Waals surface area contributed by atoms with Crippen LogP contribution in [0.4, 0.5) is 5.69 Å². The van der Waals surface area contributed by atoms with Crippen LogP contribution in [0.5, 0.6) is 5.75 Å². The van der Waals surface area contributed by atoms with Crippen molar-refractivity contribution in [2.24, 2.45) is 5.92 Å². The van der Waals surface area contributed by atoms with Crippen LogP contribution in [0, 0.1) is 5.92 Å². The Bertz CT molecular complexity index is 475. The average molecular weight is 308 g/mol. The van der Waals surface area contributed by atoms with E-state index in [1.54, 1.807) is 0 Å². The fraction of sp³-hybridized carbons (Fsp3) is 0.588. The number of nitrogens with one attached hydrogen (secondary N) is 1. The number of carbonyl (C=O) groups is 1. The number of hydrogen-bond acceptors (Lipinski definition) is 4. The molecular formula is C17H28N2O3. The number of nitrogen functional groups attached to an aromatic ring is 1. The smallest absolute Gasteiger partial charge is 0.320 e. The minimum Gasteiger partial charge on any atom is -0.491 e. The van der Waals surface area contributed by atoms with Gasteiger partial charge in [-0.3, -0.25) is 4.79 Å². The van der Waals surface area contributed by atoms with Gasteiger partial charge in [0.05, 0.1) is 12.3 Å². The monoisotopic (exact) mass is 308 g/mol. The van der Waals surface area contributed by atoms with Gasteiger partial charge in [-0.05, 0) is 49.4 Å². The van der Waals surface area contributed by atoms with Gasteiger partial charge in [-0.1, -0.05) is 26.8 Å². The second-order valence-corrected chi connectivity index (χ2v) is 5.95. The highest BCUT2D eigenvalue weighted by atomic mass is 16.5. The van der Waals surface area contributed by atoms with Crippen molar-refractivity contribution in [2.45, 2.75) is 46.1 Å². The second kappa shape index (κ2) is 9.30. The van der Waals surface area contributed by atoms with Crippen molar-refractivity contribution in [1.82, 2.24) is 5.32 Å². The summed E-state index contributed by atoms with van der Waals surface area (Å²) in [7, 11) is 0. The van der Waals surface area contributed by atoms with Gasteiger partial charge < -0.3 is 20.9 Å². The van der Waals surface area contributed by atoms with E-state index in [-0.39, 0.29) is 0 Å². The van der Waals surface area contributed by atoms with Crippen LogP contribution in [-0.4, -0.2) is 30.3 Å². The molecule has 0 aromatic heterocycles. The Balaban J connectivity index is 2.50. The molecule has 124 valence electrons. The van der Waals surface area contributed by atoms with Crippen LogP contribution in [0.15, 0.2) is 18.2 Å². The molecule has 0 amide bonds. The maximum absolute atomic E-state index is 11.2. The largest absolute Gasteiger partial charge is 0.491 e. The van der Waals surface area contributed by atoms with Gasteiger partial charge in [0, 0.05) is 0 Å². The van der Waals surface area contributed by atoms with Crippen molar-refractivity contribution in [3.63, 3.8) is 0 Å². The van der Waals surface area contributed by atoms with Crippen LogP contribution in [-0.2, 0) is 11.2 Å². The van der Waals surface area contributed by atoms with Crippen molar-refractivity contribution in [1.29, 1.82) is 0 Å². The molecule has 0 heterocycles. The molecule has 1 aromatic rings. The minimum absolute atomic E-state index is 0.347. The fourth-order valence-electron chi connectivity index (χ4n) is 2.23. The molecule has 0 saturated carbocycles. The molecule has 1 aromatic carbocycles. The quantitative estimate of drug-likeness (QED) is 0.579. The lowest BCUT2D eigenvalue weighted by atomic mass is 10.0. The molecule has 0 bridgehead atoms. The highest BCUT2D eigenvalue weighted by molar-refractivity contribution is 5.73. The first-order valence-electron chi connectivity index (χ1n) is 7.91. The third-order valence-electron chi connectivity index (χ3n) is 3.35. The van der Waals surface area contributed by atoms with E-state index in [0.29, 0.717) is 36.9 Å².